The summed E-state index contributed by atoms with van der Waals surface area (Å²) >= 11 is 3.55. The molecule has 0 saturated heterocycles. The van der Waals surface area contributed by atoms with Crippen LogP contribution < -0.4 is 5.73 Å². The summed E-state index contributed by atoms with van der Waals surface area (Å²) in [5.41, 5.74) is 8.00. The first kappa shape index (κ1) is 13.1. The summed E-state index contributed by atoms with van der Waals surface area (Å²) < 4.78 is 8.89. The summed E-state index contributed by atoms with van der Waals surface area (Å²) in [6.07, 6.45) is 4.68. The van der Waals surface area contributed by atoms with E-state index in [0.717, 1.165) is 41.5 Å². The first-order chi connectivity index (χ1) is 8.08. The summed E-state index contributed by atoms with van der Waals surface area (Å²) in [5.74, 6) is 0. The van der Waals surface area contributed by atoms with E-state index in [1.54, 1.807) is 0 Å². The van der Waals surface area contributed by atoms with Crippen LogP contribution in [-0.4, -0.2) is 21.9 Å². The Bertz CT molecular complexity index is 383. The van der Waals surface area contributed by atoms with Crippen molar-refractivity contribution in [2.45, 2.75) is 51.4 Å². The van der Waals surface area contributed by atoms with E-state index < -0.39 is 0 Å². The Morgan fingerprint density at radius 1 is 1.41 bits per heavy atom. The molecule has 1 aliphatic carbocycles. The zero-order valence-corrected chi connectivity index (χ0v) is 12.0. The molecule has 1 saturated carbocycles. The molecule has 0 radical (unpaired) electrons. The Kier molecular flexibility index (Phi) is 4.22. The lowest BCUT2D eigenvalue weighted by Crippen LogP contribution is -2.30. The van der Waals surface area contributed by atoms with Crippen molar-refractivity contribution < 1.29 is 4.74 Å². The third kappa shape index (κ3) is 3.09. The molecule has 2 N–H and O–H groups in total. The molecule has 0 aliphatic heterocycles. The monoisotopic (exact) mass is 301 g/mol. The Hall–Kier alpha value is -0.390. The maximum absolute atomic E-state index is 5.95. The van der Waals surface area contributed by atoms with Crippen molar-refractivity contribution in [1.29, 1.82) is 0 Å². The molecule has 1 aromatic rings. The molecule has 0 aromatic carbocycles. The molecule has 0 amide bonds. The summed E-state index contributed by atoms with van der Waals surface area (Å²) in [4.78, 5) is 0. The highest BCUT2D eigenvalue weighted by Crippen LogP contribution is 2.24. The largest absolute Gasteiger partial charge is 0.372 e. The van der Waals surface area contributed by atoms with Crippen molar-refractivity contribution >= 4 is 15.9 Å². The normalized spacial score (nSPS) is 25.2. The SMILES string of the molecule is Cc1nn(C)c(COC2CCC(N)CC2)c1Br. The number of rotatable bonds is 3. The molecular weight excluding hydrogens is 282 g/mol. The van der Waals surface area contributed by atoms with Gasteiger partial charge in [-0.2, -0.15) is 5.10 Å². The van der Waals surface area contributed by atoms with Gasteiger partial charge >= 0.3 is 0 Å². The first-order valence-electron chi connectivity index (χ1n) is 6.13. The molecule has 0 spiro atoms. The van der Waals surface area contributed by atoms with Crippen molar-refractivity contribution in [3.8, 4) is 0 Å². The lowest BCUT2D eigenvalue weighted by Gasteiger charge is -2.26. The van der Waals surface area contributed by atoms with Crippen LogP contribution in [0.2, 0.25) is 0 Å². The molecule has 0 bridgehead atoms. The maximum Gasteiger partial charge on any atom is 0.0900 e. The lowest BCUT2D eigenvalue weighted by molar-refractivity contribution is 0.0106. The molecule has 1 heterocycles. The van der Waals surface area contributed by atoms with Crippen molar-refractivity contribution in [3.05, 3.63) is 15.9 Å². The predicted molar refractivity (Wildman–Crippen MR) is 70.7 cm³/mol. The second-order valence-corrected chi connectivity index (χ2v) is 5.61. The van der Waals surface area contributed by atoms with E-state index in [9.17, 15) is 0 Å². The maximum atomic E-state index is 5.95. The van der Waals surface area contributed by atoms with Gasteiger partial charge in [-0.15, -0.1) is 0 Å². The van der Waals surface area contributed by atoms with Crippen molar-refractivity contribution in [3.63, 3.8) is 0 Å². The Balaban J connectivity index is 1.89. The fraction of sp³-hybridized carbons (Fsp3) is 0.750. The van der Waals surface area contributed by atoms with Crippen molar-refractivity contribution in [2.24, 2.45) is 12.8 Å². The van der Waals surface area contributed by atoms with Gasteiger partial charge in [0.25, 0.3) is 0 Å². The zero-order valence-electron chi connectivity index (χ0n) is 10.4. The molecule has 2 rings (SSSR count). The number of hydrogen-bond acceptors (Lipinski definition) is 3. The van der Waals surface area contributed by atoms with Crippen LogP contribution in [0.4, 0.5) is 0 Å². The van der Waals surface area contributed by atoms with Crippen LogP contribution in [0.5, 0.6) is 0 Å². The van der Waals surface area contributed by atoms with Gasteiger partial charge < -0.3 is 10.5 Å². The van der Waals surface area contributed by atoms with Crippen LogP contribution in [-0.2, 0) is 18.4 Å². The Morgan fingerprint density at radius 3 is 2.59 bits per heavy atom. The van der Waals surface area contributed by atoms with Gasteiger partial charge in [-0.1, -0.05) is 0 Å². The van der Waals surface area contributed by atoms with E-state index in [1.807, 2.05) is 18.7 Å². The second kappa shape index (κ2) is 5.50. The van der Waals surface area contributed by atoms with Crippen LogP contribution in [0.1, 0.15) is 37.1 Å². The molecule has 0 atom stereocenters. The molecule has 96 valence electrons. The number of aryl methyl sites for hydroxylation is 2. The molecule has 1 aliphatic rings. The number of hydrogen-bond donors (Lipinski definition) is 1. The van der Waals surface area contributed by atoms with Gasteiger partial charge in [0.15, 0.2) is 0 Å². The van der Waals surface area contributed by atoms with Crippen LogP contribution in [0.25, 0.3) is 0 Å². The van der Waals surface area contributed by atoms with Crippen LogP contribution in [0.15, 0.2) is 4.47 Å². The fourth-order valence-electron chi connectivity index (χ4n) is 2.29. The van der Waals surface area contributed by atoms with Crippen LogP contribution in [0, 0.1) is 6.92 Å². The summed E-state index contributed by atoms with van der Waals surface area (Å²) in [6.45, 7) is 2.62. The van der Waals surface area contributed by atoms with Gasteiger partial charge in [-0.05, 0) is 48.5 Å². The van der Waals surface area contributed by atoms with Gasteiger partial charge in [-0.25, -0.2) is 0 Å². The number of nitrogens with zero attached hydrogens (tertiary/aromatic N) is 2. The van der Waals surface area contributed by atoms with Crippen LogP contribution >= 0.6 is 15.9 Å². The van der Waals surface area contributed by atoms with Gasteiger partial charge in [0.2, 0.25) is 0 Å². The number of aromatic nitrogens is 2. The minimum absolute atomic E-state index is 0.358. The van der Waals surface area contributed by atoms with Crippen LogP contribution in [0.3, 0.4) is 0 Å². The van der Waals surface area contributed by atoms with E-state index in [4.69, 9.17) is 10.5 Å². The first-order valence-corrected chi connectivity index (χ1v) is 6.92. The van der Waals surface area contributed by atoms with E-state index >= 15 is 0 Å². The third-order valence-electron chi connectivity index (χ3n) is 3.44. The number of halogens is 1. The average Bonchev–Trinajstić information content (AvgIpc) is 2.54. The van der Waals surface area contributed by atoms with E-state index in [-0.39, 0.29) is 0 Å². The molecule has 1 aromatic heterocycles. The highest BCUT2D eigenvalue weighted by Gasteiger charge is 2.20. The summed E-state index contributed by atoms with van der Waals surface area (Å²) in [7, 11) is 1.95. The second-order valence-electron chi connectivity index (χ2n) is 4.82. The van der Waals surface area contributed by atoms with Gasteiger partial charge in [0.05, 0.1) is 28.6 Å². The lowest BCUT2D eigenvalue weighted by atomic mass is 9.94. The van der Waals surface area contributed by atoms with Gasteiger partial charge in [0, 0.05) is 13.1 Å². The standard InChI is InChI=1S/C12H20BrN3O/c1-8-12(13)11(16(2)15-8)7-17-10-5-3-9(14)4-6-10/h9-10H,3-7,14H2,1-2H3. The van der Waals surface area contributed by atoms with Crippen molar-refractivity contribution in [1.82, 2.24) is 9.78 Å². The average molecular weight is 302 g/mol. The Morgan fingerprint density at radius 2 is 2.06 bits per heavy atom. The minimum Gasteiger partial charge on any atom is -0.372 e. The summed E-state index contributed by atoms with van der Waals surface area (Å²) in [5, 5.41) is 4.36. The van der Waals surface area contributed by atoms with Crippen molar-refractivity contribution in [2.75, 3.05) is 0 Å². The topological polar surface area (TPSA) is 53.1 Å². The molecule has 17 heavy (non-hydrogen) atoms. The molecule has 1 fully saturated rings. The zero-order chi connectivity index (χ0) is 12.4. The number of ether oxygens (including phenoxy) is 1. The van der Waals surface area contributed by atoms with E-state index in [1.165, 1.54) is 0 Å². The molecule has 5 heteroatoms. The predicted octanol–water partition coefficient (Wildman–Crippen LogP) is 2.28. The molecular formula is C12H20BrN3O. The highest BCUT2D eigenvalue weighted by atomic mass is 79.9. The Labute approximate surface area is 111 Å². The molecule has 4 nitrogen and oxygen atoms in total. The van der Waals surface area contributed by atoms with E-state index in [0.29, 0.717) is 18.8 Å². The molecule has 0 unspecified atom stereocenters. The van der Waals surface area contributed by atoms with Gasteiger partial charge in [0.1, 0.15) is 0 Å². The fourth-order valence-corrected chi connectivity index (χ4v) is 2.74. The quantitative estimate of drug-likeness (QED) is 0.932. The third-order valence-corrected chi connectivity index (χ3v) is 4.47. The highest BCUT2D eigenvalue weighted by molar-refractivity contribution is 9.10. The van der Waals surface area contributed by atoms with Gasteiger partial charge in [-0.3, -0.25) is 4.68 Å². The minimum atomic E-state index is 0.358. The smallest absolute Gasteiger partial charge is 0.0900 e. The van der Waals surface area contributed by atoms with E-state index in [2.05, 4.69) is 21.0 Å². The summed E-state index contributed by atoms with van der Waals surface area (Å²) in [6, 6.07) is 0.375. The number of nitrogens with two attached hydrogens (primary N) is 1.